The summed E-state index contributed by atoms with van der Waals surface area (Å²) in [6.07, 6.45) is 4.97. The molecule has 0 fully saturated rings. The molecule has 9 nitrogen and oxygen atoms in total. The van der Waals surface area contributed by atoms with Crippen molar-refractivity contribution in [3.05, 3.63) is 101 Å². The molecule has 0 aliphatic rings. The van der Waals surface area contributed by atoms with Gasteiger partial charge in [0.15, 0.2) is 0 Å². The minimum Gasteiger partial charge on any atom is -0.467 e. The predicted molar refractivity (Wildman–Crippen MR) is 118 cm³/mol. The van der Waals surface area contributed by atoms with Gasteiger partial charge in [-0.05, 0) is 36.4 Å². The minimum atomic E-state index is -0.532. The SMILES string of the molecule is C=CCN(CC(=O)N(Cc1ccco1)Cc1cccn1C)C(=O)c1ccc([N+](=O)[O-])cc1. The number of carbonyl (C=O) groups excluding carboxylic acids is 2. The fourth-order valence-corrected chi connectivity index (χ4v) is 3.23. The smallest absolute Gasteiger partial charge is 0.269 e. The van der Waals surface area contributed by atoms with E-state index in [1.165, 1.54) is 35.2 Å². The Hall–Kier alpha value is -4.14. The van der Waals surface area contributed by atoms with Gasteiger partial charge in [-0.15, -0.1) is 6.58 Å². The lowest BCUT2D eigenvalue weighted by molar-refractivity contribution is -0.384. The van der Waals surface area contributed by atoms with Crippen LogP contribution in [0.15, 0.2) is 78.1 Å². The summed E-state index contributed by atoms with van der Waals surface area (Å²) in [6.45, 7) is 4.25. The van der Waals surface area contributed by atoms with Gasteiger partial charge in [-0.1, -0.05) is 6.08 Å². The molecule has 0 bridgehead atoms. The number of furan rings is 1. The van der Waals surface area contributed by atoms with Crippen molar-refractivity contribution in [3.63, 3.8) is 0 Å². The van der Waals surface area contributed by atoms with Crippen LogP contribution in [0.4, 0.5) is 5.69 Å². The van der Waals surface area contributed by atoms with Crippen molar-refractivity contribution in [2.75, 3.05) is 13.1 Å². The first kappa shape index (κ1) is 22.5. The summed E-state index contributed by atoms with van der Waals surface area (Å²) >= 11 is 0. The number of rotatable bonds is 10. The summed E-state index contributed by atoms with van der Waals surface area (Å²) in [4.78, 5) is 39.5. The lowest BCUT2D eigenvalue weighted by Gasteiger charge is -2.27. The zero-order valence-corrected chi connectivity index (χ0v) is 17.7. The zero-order chi connectivity index (χ0) is 23.1. The highest BCUT2D eigenvalue weighted by Gasteiger charge is 2.23. The van der Waals surface area contributed by atoms with Gasteiger partial charge < -0.3 is 18.8 Å². The van der Waals surface area contributed by atoms with Gasteiger partial charge in [0.25, 0.3) is 11.6 Å². The first-order valence-electron chi connectivity index (χ1n) is 9.94. The second-order valence-corrected chi connectivity index (χ2v) is 7.22. The van der Waals surface area contributed by atoms with Crippen LogP contribution in [-0.2, 0) is 24.9 Å². The van der Waals surface area contributed by atoms with Gasteiger partial charge in [-0.3, -0.25) is 19.7 Å². The Labute approximate surface area is 185 Å². The van der Waals surface area contributed by atoms with Crippen LogP contribution in [0.25, 0.3) is 0 Å². The highest BCUT2D eigenvalue weighted by atomic mass is 16.6. The van der Waals surface area contributed by atoms with Crippen molar-refractivity contribution in [1.82, 2.24) is 14.4 Å². The maximum absolute atomic E-state index is 13.2. The molecule has 32 heavy (non-hydrogen) atoms. The van der Waals surface area contributed by atoms with E-state index in [1.807, 2.05) is 29.9 Å². The van der Waals surface area contributed by atoms with Crippen molar-refractivity contribution in [1.29, 1.82) is 0 Å². The van der Waals surface area contributed by atoms with Crippen LogP contribution in [0.2, 0.25) is 0 Å². The van der Waals surface area contributed by atoms with Crippen LogP contribution in [0.5, 0.6) is 0 Å². The molecule has 0 saturated carbocycles. The molecule has 9 heteroatoms. The normalized spacial score (nSPS) is 10.5. The largest absolute Gasteiger partial charge is 0.467 e. The number of aryl methyl sites for hydroxylation is 1. The number of benzene rings is 1. The Balaban J connectivity index is 1.78. The lowest BCUT2D eigenvalue weighted by atomic mass is 10.1. The first-order valence-corrected chi connectivity index (χ1v) is 9.94. The Morgan fingerprint density at radius 1 is 1.12 bits per heavy atom. The van der Waals surface area contributed by atoms with Crippen molar-refractivity contribution in [3.8, 4) is 0 Å². The van der Waals surface area contributed by atoms with Crippen LogP contribution in [-0.4, -0.2) is 44.2 Å². The van der Waals surface area contributed by atoms with Crippen LogP contribution < -0.4 is 0 Å². The molecule has 3 aromatic rings. The number of nitro benzene ring substituents is 1. The summed E-state index contributed by atoms with van der Waals surface area (Å²) < 4.78 is 7.33. The first-order chi connectivity index (χ1) is 15.4. The molecular formula is C23H24N4O5. The van der Waals surface area contributed by atoms with Crippen molar-refractivity contribution in [2.24, 2.45) is 7.05 Å². The third-order valence-corrected chi connectivity index (χ3v) is 4.97. The van der Waals surface area contributed by atoms with E-state index in [2.05, 4.69) is 6.58 Å². The van der Waals surface area contributed by atoms with Crippen molar-refractivity contribution < 1.29 is 18.9 Å². The van der Waals surface area contributed by atoms with E-state index in [9.17, 15) is 19.7 Å². The quantitative estimate of drug-likeness (QED) is 0.275. The van der Waals surface area contributed by atoms with E-state index >= 15 is 0 Å². The van der Waals surface area contributed by atoms with Crippen molar-refractivity contribution in [2.45, 2.75) is 13.1 Å². The molecule has 0 N–H and O–H groups in total. The van der Waals surface area contributed by atoms with E-state index < -0.39 is 10.8 Å². The molecule has 0 radical (unpaired) electrons. The maximum atomic E-state index is 13.2. The Bertz CT molecular complexity index is 1090. The molecule has 1 aromatic carbocycles. The molecule has 0 atom stereocenters. The van der Waals surface area contributed by atoms with Gasteiger partial charge in [-0.25, -0.2) is 0 Å². The van der Waals surface area contributed by atoms with Gasteiger partial charge in [0, 0.05) is 43.2 Å². The number of hydrogen-bond donors (Lipinski definition) is 0. The molecule has 2 heterocycles. The average Bonchev–Trinajstić information content (AvgIpc) is 3.44. The molecule has 3 rings (SSSR count). The molecule has 166 valence electrons. The number of amides is 2. The average molecular weight is 436 g/mol. The second kappa shape index (κ2) is 10.3. The molecule has 2 amide bonds. The highest BCUT2D eigenvalue weighted by Crippen LogP contribution is 2.15. The third-order valence-electron chi connectivity index (χ3n) is 4.97. The molecule has 0 saturated heterocycles. The molecule has 0 unspecified atom stereocenters. The van der Waals surface area contributed by atoms with Crippen LogP contribution in [0, 0.1) is 10.1 Å². The Morgan fingerprint density at radius 3 is 2.44 bits per heavy atom. The number of hydrogen-bond acceptors (Lipinski definition) is 5. The molecular weight excluding hydrogens is 412 g/mol. The lowest BCUT2D eigenvalue weighted by Crippen LogP contribution is -2.42. The maximum Gasteiger partial charge on any atom is 0.269 e. The van der Waals surface area contributed by atoms with Gasteiger partial charge in [0.05, 0.1) is 24.3 Å². The molecule has 0 spiro atoms. The van der Waals surface area contributed by atoms with Gasteiger partial charge >= 0.3 is 0 Å². The molecule has 0 aliphatic heterocycles. The van der Waals surface area contributed by atoms with Crippen molar-refractivity contribution >= 4 is 17.5 Å². The highest BCUT2D eigenvalue weighted by molar-refractivity contribution is 5.96. The fraction of sp³-hybridized carbons (Fsp3) is 0.217. The van der Waals surface area contributed by atoms with E-state index in [1.54, 1.807) is 23.3 Å². The van der Waals surface area contributed by atoms with Gasteiger partial charge in [-0.2, -0.15) is 0 Å². The van der Waals surface area contributed by atoms with Crippen LogP contribution >= 0.6 is 0 Å². The standard InChI is InChI=1S/C23H24N4O5/c1-3-12-25(23(29)18-8-10-19(11-9-18)27(30)31)17-22(28)26(16-21-7-5-14-32-21)15-20-6-4-13-24(20)2/h3-11,13-14H,1,12,15-17H2,2H3. The monoisotopic (exact) mass is 436 g/mol. The minimum absolute atomic E-state index is 0.111. The summed E-state index contributed by atoms with van der Waals surface area (Å²) in [5, 5.41) is 10.9. The second-order valence-electron chi connectivity index (χ2n) is 7.22. The number of carbonyl (C=O) groups is 2. The summed E-state index contributed by atoms with van der Waals surface area (Å²) in [7, 11) is 1.90. The summed E-state index contributed by atoms with van der Waals surface area (Å²) in [5.74, 6) is -0.0470. The van der Waals surface area contributed by atoms with Crippen LogP contribution in [0.1, 0.15) is 21.8 Å². The Morgan fingerprint density at radius 2 is 1.88 bits per heavy atom. The van der Waals surface area contributed by atoms with Crippen LogP contribution in [0.3, 0.4) is 0 Å². The Kier molecular flexibility index (Phi) is 7.22. The number of nitro groups is 1. The summed E-state index contributed by atoms with van der Waals surface area (Å²) in [5.41, 5.74) is 1.08. The molecule has 0 aliphatic carbocycles. The number of nitrogens with zero attached hydrogens (tertiary/aromatic N) is 4. The predicted octanol–water partition coefficient (Wildman–Crippen LogP) is 3.38. The number of non-ortho nitro benzene ring substituents is 1. The van der Waals surface area contributed by atoms with E-state index in [4.69, 9.17) is 4.42 Å². The fourth-order valence-electron chi connectivity index (χ4n) is 3.23. The van der Waals surface area contributed by atoms with Gasteiger partial charge in [0.1, 0.15) is 12.3 Å². The third kappa shape index (κ3) is 5.51. The van der Waals surface area contributed by atoms with E-state index in [0.29, 0.717) is 12.3 Å². The van der Waals surface area contributed by atoms with Gasteiger partial charge in [0.2, 0.25) is 5.91 Å². The summed E-state index contributed by atoms with van der Waals surface area (Å²) in [6, 6.07) is 12.6. The topological polar surface area (TPSA) is 102 Å². The van der Waals surface area contributed by atoms with E-state index in [0.717, 1.165) is 5.69 Å². The zero-order valence-electron chi connectivity index (χ0n) is 17.7. The molecule has 2 aromatic heterocycles. The number of aromatic nitrogens is 1. The van der Waals surface area contributed by atoms with E-state index in [-0.39, 0.29) is 36.8 Å².